The largest absolute Gasteiger partial charge is 0.416 e. The van der Waals surface area contributed by atoms with E-state index in [1.807, 2.05) is 60.7 Å². The lowest BCUT2D eigenvalue weighted by Crippen LogP contribution is -2.30. The van der Waals surface area contributed by atoms with Crippen molar-refractivity contribution in [3.05, 3.63) is 143 Å². The number of carbonyl (C=O) groups is 4. The summed E-state index contributed by atoms with van der Waals surface area (Å²) >= 11 is 0. The lowest BCUT2D eigenvalue weighted by Gasteiger charge is -2.15. The molecular formula is C40H32F6N2O4. The highest BCUT2D eigenvalue weighted by Gasteiger charge is 2.68. The fraction of sp³-hybridized carbons (Fsp3) is 0.300. The Balaban J connectivity index is 0.000000162. The van der Waals surface area contributed by atoms with E-state index in [1.165, 1.54) is 34.1 Å². The van der Waals surface area contributed by atoms with Crippen LogP contribution < -0.4 is 0 Å². The Bertz CT molecular complexity index is 1870. The summed E-state index contributed by atoms with van der Waals surface area (Å²) in [7, 11) is 0. The van der Waals surface area contributed by atoms with Crippen molar-refractivity contribution in [1.82, 2.24) is 9.80 Å². The van der Waals surface area contributed by atoms with Gasteiger partial charge in [-0.15, -0.1) is 0 Å². The summed E-state index contributed by atoms with van der Waals surface area (Å²) < 4.78 is 76.2. The maximum Gasteiger partial charge on any atom is 0.416 e. The highest BCUT2D eigenvalue weighted by atomic mass is 19.4. The zero-order valence-electron chi connectivity index (χ0n) is 27.6. The number of hydrogen-bond donors (Lipinski definition) is 0. The molecule has 0 bridgehead atoms. The predicted molar refractivity (Wildman–Crippen MR) is 176 cm³/mol. The number of benzene rings is 4. The minimum absolute atomic E-state index is 0.129. The van der Waals surface area contributed by atoms with Gasteiger partial charge in [0.05, 0.1) is 35.0 Å². The number of nitrogens with zero attached hydrogens (tertiary/aromatic N) is 2. The average molecular weight is 719 g/mol. The monoisotopic (exact) mass is 718 g/mol. The fourth-order valence-corrected chi connectivity index (χ4v) is 7.65. The molecule has 0 radical (unpaired) electrons. The van der Waals surface area contributed by atoms with Crippen LogP contribution in [0.5, 0.6) is 0 Å². The maximum absolute atomic E-state index is 12.8. The normalized spacial score (nSPS) is 25.2. The third-order valence-electron chi connectivity index (χ3n) is 10.7. The van der Waals surface area contributed by atoms with E-state index in [9.17, 15) is 45.5 Å². The Morgan fingerprint density at radius 1 is 0.500 bits per heavy atom. The number of alkyl halides is 6. The third-order valence-corrected chi connectivity index (χ3v) is 10.7. The van der Waals surface area contributed by atoms with Crippen LogP contribution in [0.2, 0.25) is 0 Å². The van der Waals surface area contributed by atoms with Gasteiger partial charge in [0.15, 0.2) is 0 Å². The van der Waals surface area contributed by atoms with Crippen LogP contribution in [-0.2, 0) is 44.6 Å². The molecule has 268 valence electrons. The van der Waals surface area contributed by atoms with E-state index < -0.39 is 34.3 Å². The number of imide groups is 2. The van der Waals surface area contributed by atoms with E-state index in [1.54, 1.807) is 0 Å². The zero-order valence-corrected chi connectivity index (χ0v) is 27.6. The van der Waals surface area contributed by atoms with Crippen LogP contribution >= 0.6 is 0 Å². The fourth-order valence-electron chi connectivity index (χ4n) is 7.65. The van der Waals surface area contributed by atoms with Crippen molar-refractivity contribution in [3.63, 3.8) is 0 Å². The molecule has 0 N–H and O–H groups in total. The smallest absolute Gasteiger partial charge is 0.278 e. The van der Waals surface area contributed by atoms with Crippen molar-refractivity contribution in [2.45, 2.75) is 63.0 Å². The lowest BCUT2D eigenvalue weighted by molar-refractivity contribution is -0.142. The molecule has 4 fully saturated rings. The Morgan fingerprint density at radius 2 is 0.827 bits per heavy atom. The summed E-state index contributed by atoms with van der Waals surface area (Å²) in [5, 5.41) is 0. The second kappa shape index (κ2) is 12.8. The minimum Gasteiger partial charge on any atom is -0.278 e. The highest BCUT2D eigenvalue weighted by Crippen LogP contribution is 2.66. The Kier molecular flexibility index (Phi) is 8.62. The molecule has 4 aliphatic rings. The van der Waals surface area contributed by atoms with Crippen LogP contribution in [0.4, 0.5) is 26.3 Å². The van der Waals surface area contributed by atoms with Gasteiger partial charge in [0.2, 0.25) is 23.6 Å². The summed E-state index contributed by atoms with van der Waals surface area (Å²) in [5.41, 5.74) is 0.139. The summed E-state index contributed by atoms with van der Waals surface area (Å²) in [5.74, 6) is -1.24. The Labute approximate surface area is 295 Å². The van der Waals surface area contributed by atoms with Gasteiger partial charge >= 0.3 is 12.4 Å². The molecule has 3 unspecified atom stereocenters. The van der Waals surface area contributed by atoms with Crippen molar-refractivity contribution in [2.24, 2.45) is 10.8 Å². The molecule has 8 rings (SSSR count). The molecule has 2 aliphatic carbocycles. The first-order chi connectivity index (χ1) is 24.6. The van der Waals surface area contributed by atoms with Crippen LogP contribution in [0.15, 0.2) is 109 Å². The van der Waals surface area contributed by atoms with E-state index in [2.05, 4.69) is 0 Å². The molecule has 2 saturated heterocycles. The molecule has 52 heavy (non-hydrogen) atoms. The number of amides is 4. The molecule has 2 heterocycles. The minimum atomic E-state index is -4.38. The molecular weight excluding hydrogens is 686 g/mol. The number of halogens is 6. The van der Waals surface area contributed by atoms with E-state index in [0.717, 1.165) is 35.4 Å². The van der Waals surface area contributed by atoms with Crippen molar-refractivity contribution >= 4 is 23.6 Å². The average Bonchev–Trinajstić information content (AvgIpc) is 4.00. The van der Waals surface area contributed by atoms with E-state index in [-0.39, 0.29) is 61.4 Å². The van der Waals surface area contributed by atoms with Crippen molar-refractivity contribution in [1.29, 1.82) is 0 Å². The predicted octanol–water partition coefficient (Wildman–Crippen LogP) is 8.28. The summed E-state index contributed by atoms with van der Waals surface area (Å²) in [6.45, 7) is 0.472. The van der Waals surface area contributed by atoms with Crippen LogP contribution in [0, 0.1) is 10.8 Å². The van der Waals surface area contributed by atoms with Crippen LogP contribution in [0.25, 0.3) is 0 Å². The Hall–Kier alpha value is -5.26. The molecule has 6 nitrogen and oxygen atoms in total. The lowest BCUT2D eigenvalue weighted by atomic mass is 9.96. The van der Waals surface area contributed by atoms with Crippen molar-refractivity contribution < 1.29 is 45.5 Å². The van der Waals surface area contributed by atoms with Crippen LogP contribution in [-0.4, -0.2) is 33.4 Å². The standard InChI is InChI=1S/2C20H16F3NO2/c2*21-20(22,23)15-8-6-14(7-9-15)16-10-19(16)11-17(25)24(18(19)26)12-13-4-2-1-3-5-13/h2*1-9,16H,10-12H2/t16?,19-;/m0./s1. The second-order valence-electron chi connectivity index (χ2n) is 14.0. The summed E-state index contributed by atoms with van der Waals surface area (Å²) in [6.07, 6.45) is -7.49. The Morgan fingerprint density at radius 3 is 1.13 bits per heavy atom. The molecule has 2 spiro atoms. The van der Waals surface area contributed by atoms with E-state index in [0.29, 0.717) is 24.0 Å². The van der Waals surface area contributed by atoms with Gasteiger partial charge < -0.3 is 0 Å². The first-order valence-electron chi connectivity index (χ1n) is 16.7. The zero-order chi connectivity index (χ0) is 37.1. The number of hydrogen-bond acceptors (Lipinski definition) is 4. The SMILES string of the molecule is O=C1CC2(CC2c2ccc(C(F)(F)F)cc2)C(=O)N1Cc1ccccc1.O=C1C[C@]2(CC2c2ccc(C(F)(F)F)cc2)C(=O)N1Cc1ccccc1. The van der Waals surface area contributed by atoms with Crippen molar-refractivity contribution in [2.75, 3.05) is 0 Å². The summed E-state index contributed by atoms with van der Waals surface area (Å²) in [6, 6.07) is 28.3. The number of likely N-dealkylation sites (tertiary alicyclic amines) is 2. The van der Waals surface area contributed by atoms with Gasteiger partial charge in [-0.1, -0.05) is 84.9 Å². The molecule has 2 saturated carbocycles. The highest BCUT2D eigenvalue weighted by molar-refractivity contribution is 6.09. The molecule has 0 aromatic heterocycles. The first kappa shape index (κ1) is 35.2. The molecule has 12 heteroatoms. The van der Waals surface area contributed by atoms with E-state index >= 15 is 0 Å². The van der Waals surface area contributed by atoms with E-state index in [4.69, 9.17) is 0 Å². The van der Waals surface area contributed by atoms with Gasteiger partial charge in [-0.3, -0.25) is 29.0 Å². The quantitative estimate of drug-likeness (QED) is 0.149. The number of rotatable bonds is 6. The third kappa shape index (κ3) is 6.50. The van der Waals surface area contributed by atoms with Gasteiger partial charge in [-0.25, -0.2) is 0 Å². The molecule has 2 aliphatic heterocycles. The van der Waals surface area contributed by atoms with Crippen LogP contribution in [0.3, 0.4) is 0 Å². The first-order valence-corrected chi connectivity index (χ1v) is 16.7. The molecule has 4 aromatic carbocycles. The van der Waals surface area contributed by atoms with Crippen LogP contribution in [0.1, 0.15) is 70.9 Å². The molecule has 4 amide bonds. The van der Waals surface area contributed by atoms with Gasteiger partial charge in [0, 0.05) is 12.8 Å². The van der Waals surface area contributed by atoms with Gasteiger partial charge in [-0.2, -0.15) is 26.3 Å². The summed E-state index contributed by atoms with van der Waals surface area (Å²) in [4.78, 5) is 53.0. The van der Waals surface area contributed by atoms with Gasteiger partial charge in [0.25, 0.3) is 0 Å². The topological polar surface area (TPSA) is 74.8 Å². The van der Waals surface area contributed by atoms with Gasteiger partial charge in [0.1, 0.15) is 0 Å². The second-order valence-corrected chi connectivity index (χ2v) is 14.0. The maximum atomic E-state index is 12.8. The molecule has 4 aromatic rings. The number of carbonyl (C=O) groups excluding carboxylic acids is 4. The van der Waals surface area contributed by atoms with Crippen molar-refractivity contribution in [3.8, 4) is 0 Å². The van der Waals surface area contributed by atoms with Gasteiger partial charge in [-0.05, 0) is 71.2 Å². The molecule has 4 atom stereocenters.